The molecule has 7 nitrogen and oxygen atoms in total. The van der Waals surface area contributed by atoms with Crippen LogP contribution in [0.2, 0.25) is 0 Å². The number of carbonyl (C=O) groups is 4. The number of rotatable bonds is 4. The van der Waals surface area contributed by atoms with E-state index in [1.165, 1.54) is 18.0 Å². The van der Waals surface area contributed by atoms with Gasteiger partial charge in [-0.2, -0.15) is 0 Å². The first-order chi connectivity index (χ1) is 15.8. The Morgan fingerprint density at radius 3 is 2.64 bits per heavy atom. The third kappa shape index (κ3) is 3.27. The van der Waals surface area contributed by atoms with Crippen LogP contribution in [0.25, 0.3) is 0 Å². The van der Waals surface area contributed by atoms with Gasteiger partial charge in [0.15, 0.2) is 11.6 Å². The smallest absolute Gasteiger partial charge is 0.233 e. The lowest BCUT2D eigenvalue weighted by atomic mass is 9.59. The van der Waals surface area contributed by atoms with Gasteiger partial charge in [0, 0.05) is 35.8 Å². The van der Waals surface area contributed by atoms with Crippen molar-refractivity contribution in [2.45, 2.75) is 18.8 Å². The van der Waals surface area contributed by atoms with Gasteiger partial charge in [0.05, 0.1) is 22.9 Å². The number of carbonyl (C=O) groups excluding carboxylic acids is 4. The Morgan fingerprint density at radius 2 is 1.88 bits per heavy atom. The molecule has 1 aromatic rings. The van der Waals surface area contributed by atoms with Crippen LogP contribution < -0.4 is 4.74 Å². The third-order valence-electron chi connectivity index (χ3n) is 7.13. The van der Waals surface area contributed by atoms with Gasteiger partial charge in [0.2, 0.25) is 11.8 Å². The number of ketones is 2. The number of benzene rings is 1. The predicted molar refractivity (Wildman–Crippen MR) is 121 cm³/mol. The molecular weight excluding hydrogens is 490 g/mol. The Hall–Kier alpha value is -2.84. The number of allylic oxidation sites excluding steroid dienone is 6. The monoisotopic (exact) mass is 511 g/mol. The van der Waals surface area contributed by atoms with E-state index in [0.717, 1.165) is 5.57 Å². The number of halogens is 1. The third-order valence-corrected chi connectivity index (χ3v) is 7.72. The largest absolute Gasteiger partial charge is 0.491 e. The molecule has 0 radical (unpaired) electrons. The lowest BCUT2D eigenvalue weighted by Crippen LogP contribution is -2.39. The average Bonchev–Trinajstić information content (AvgIpc) is 3.04. The van der Waals surface area contributed by atoms with Crippen LogP contribution in [0.5, 0.6) is 5.75 Å². The fourth-order valence-electron chi connectivity index (χ4n) is 5.73. The number of imide groups is 1. The highest BCUT2D eigenvalue weighted by molar-refractivity contribution is 9.12. The fraction of sp³-hybridized carbons (Fsp3) is 0.360. The van der Waals surface area contributed by atoms with Gasteiger partial charge in [0.1, 0.15) is 12.4 Å². The minimum absolute atomic E-state index is 0.0823. The van der Waals surface area contributed by atoms with Crippen molar-refractivity contribution in [1.82, 2.24) is 4.90 Å². The number of aliphatic hydroxyl groups is 1. The van der Waals surface area contributed by atoms with E-state index in [4.69, 9.17) is 4.74 Å². The van der Waals surface area contributed by atoms with Crippen LogP contribution in [0.15, 0.2) is 57.6 Å². The summed E-state index contributed by atoms with van der Waals surface area (Å²) >= 11 is 3.22. The molecule has 1 aromatic carbocycles. The van der Waals surface area contributed by atoms with Crippen molar-refractivity contribution in [2.24, 2.45) is 17.8 Å². The van der Waals surface area contributed by atoms with Crippen molar-refractivity contribution in [1.29, 1.82) is 0 Å². The summed E-state index contributed by atoms with van der Waals surface area (Å²) in [4.78, 5) is 53.3. The molecule has 1 heterocycles. The fourth-order valence-corrected chi connectivity index (χ4v) is 6.17. The standard InChI is InChI=1S/C25H22BrNO6/c1-27-24(31)14-7-6-12-15(21(14)25(27)32)10-16-22(18(29)11-17(26)23(16)30)20(12)13-4-2-3-5-19(13)33-9-8-28/h2-6,11,14-15,20-21,28H,7-10H2,1H3. The highest BCUT2D eigenvalue weighted by Crippen LogP contribution is 2.56. The number of ether oxygens (including phenoxy) is 1. The number of likely N-dealkylation sites (tertiary alicyclic amines) is 1. The number of hydrogen-bond donors (Lipinski definition) is 1. The summed E-state index contributed by atoms with van der Waals surface area (Å²) in [6, 6.07) is 7.24. The number of fused-ring (bicyclic) bond motifs is 3. The molecule has 3 aliphatic carbocycles. The van der Waals surface area contributed by atoms with E-state index >= 15 is 0 Å². The van der Waals surface area contributed by atoms with E-state index in [1.807, 2.05) is 18.2 Å². The van der Waals surface area contributed by atoms with Crippen LogP contribution in [0, 0.1) is 17.8 Å². The molecule has 5 rings (SSSR count). The average molecular weight is 512 g/mol. The molecule has 33 heavy (non-hydrogen) atoms. The Labute approximate surface area is 198 Å². The minimum atomic E-state index is -0.572. The molecule has 170 valence electrons. The zero-order valence-electron chi connectivity index (χ0n) is 17.9. The summed E-state index contributed by atoms with van der Waals surface area (Å²) in [6.45, 7) is -0.0863. The second kappa shape index (κ2) is 8.18. The maximum Gasteiger partial charge on any atom is 0.233 e. The van der Waals surface area contributed by atoms with Crippen LogP contribution in [-0.2, 0) is 19.2 Å². The molecule has 0 saturated carbocycles. The molecule has 8 heteroatoms. The SMILES string of the molecule is CN1C(=O)C2CC=C3C(c4ccccc4OCCO)C4=C(CC3C2C1=O)C(=O)C(Br)=CC4=O. The van der Waals surface area contributed by atoms with Crippen molar-refractivity contribution in [3.05, 3.63) is 63.2 Å². The number of hydrogen-bond acceptors (Lipinski definition) is 6. The van der Waals surface area contributed by atoms with Crippen LogP contribution in [-0.4, -0.2) is 53.6 Å². The van der Waals surface area contributed by atoms with Crippen molar-refractivity contribution < 1.29 is 29.0 Å². The second-order valence-electron chi connectivity index (χ2n) is 8.74. The van der Waals surface area contributed by atoms with Crippen LogP contribution in [0.1, 0.15) is 24.3 Å². The molecular formula is C25H22BrNO6. The molecule has 4 aliphatic rings. The highest BCUT2D eigenvalue weighted by atomic mass is 79.9. The number of para-hydroxylation sites is 1. The van der Waals surface area contributed by atoms with E-state index in [2.05, 4.69) is 15.9 Å². The maximum atomic E-state index is 13.2. The molecule has 0 spiro atoms. The van der Waals surface area contributed by atoms with Gasteiger partial charge < -0.3 is 9.84 Å². The van der Waals surface area contributed by atoms with E-state index in [1.54, 1.807) is 12.1 Å². The van der Waals surface area contributed by atoms with Crippen molar-refractivity contribution in [2.75, 3.05) is 20.3 Å². The van der Waals surface area contributed by atoms with Crippen molar-refractivity contribution in [3.8, 4) is 5.75 Å². The Balaban J connectivity index is 1.71. The first-order valence-corrected chi connectivity index (χ1v) is 11.7. The number of Topliss-reactive ketones (excluding diaryl/α,β-unsaturated/α-hetero) is 1. The number of amides is 2. The number of nitrogens with zero attached hydrogens (tertiary/aromatic N) is 1. The van der Waals surface area contributed by atoms with E-state index in [9.17, 15) is 24.3 Å². The summed E-state index contributed by atoms with van der Waals surface area (Å²) in [5.41, 5.74) is 2.35. The minimum Gasteiger partial charge on any atom is -0.491 e. The van der Waals surface area contributed by atoms with Gasteiger partial charge in [-0.25, -0.2) is 0 Å². The van der Waals surface area contributed by atoms with E-state index in [-0.39, 0.29) is 53.4 Å². The lowest BCUT2D eigenvalue weighted by Gasteiger charge is -2.42. The molecule has 1 aliphatic heterocycles. The van der Waals surface area contributed by atoms with Crippen molar-refractivity contribution in [3.63, 3.8) is 0 Å². The molecule has 2 amide bonds. The van der Waals surface area contributed by atoms with Gasteiger partial charge >= 0.3 is 0 Å². The maximum absolute atomic E-state index is 13.2. The van der Waals surface area contributed by atoms with Crippen LogP contribution >= 0.6 is 15.9 Å². The lowest BCUT2D eigenvalue weighted by molar-refractivity contribution is -0.138. The Morgan fingerprint density at radius 1 is 1.12 bits per heavy atom. The van der Waals surface area contributed by atoms with Gasteiger partial charge in [-0.05, 0) is 40.8 Å². The first kappa shape index (κ1) is 22.0. The zero-order valence-corrected chi connectivity index (χ0v) is 19.5. The number of aliphatic hydroxyl groups excluding tert-OH is 1. The summed E-state index contributed by atoms with van der Waals surface area (Å²) in [6.07, 6.45) is 3.92. The van der Waals surface area contributed by atoms with E-state index in [0.29, 0.717) is 28.9 Å². The first-order valence-electron chi connectivity index (χ1n) is 10.9. The van der Waals surface area contributed by atoms with E-state index < -0.39 is 17.8 Å². The molecule has 1 N–H and O–H groups in total. The van der Waals surface area contributed by atoms with Crippen LogP contribution in [0.3, 0.4) is 0 Å². The summed E-state index contributed by atoms with van der Waals surface area (Å²) in [5.74, 6) is -2.41. The molecule has 0 aromatic heterocycles. The Kier molecular flexibility index (Phi) is 5.45. The summed E-state index contributed by atoms with van der Waals surface area (Å²) in [5, 5.41) is 9.26. The Bertz CT molecular complexity index is 1200. The van der Waals surface area contributed by atoms with Crippen molar-refractivity contribution >= 4 is 39.3 Å². The highest BCUT2D eigenvalue weighted by Gasteiger charge is 2.55. The van der Waals surface area contributed by atoms with Gasteiger partial charge in [0.25, 0.3) is 0 Å². The summed E-state index contributed by atoms with van der Waals surface area (Å²) in [7, 11) is 1.50. The zero-order chi connectivity index (χ0) is 23.4. The van der Waals surface area contributed by atoms with Gasteiger partial charge in [-0.3, -0.25) is 24.1 Å². The molecule has 4 atom stereocenters. The van der Waals surface area contributed by atoms with Gasteiger partial charge in [-0.1, -0.05) is 29.8 Å². The normalized spacial score (nSPS) is 28.9. The summed E-state index contributed by atoms with van der Waals surface area (Å²) < 4.78 is 5.97. The predicted octanol–water partition coefficient (Wildman–Crippen LogP) is 2.45. The quantitative estimate of drug-likeness (QED) is 0.378. The molecule has 0 bridgehead atoms. The molecule has 4 unspecified atom stereocenters. The van der Waals surface area contributed by atoms with Crippen LogP contribution in [0.4, 0.5) is 0 Å². The van der Waals surface area contributed by atoms with Gasteiger partial charge in [-0.15, -0.1) is 0 Å². The molecule has 1 saturated heterocycles. The topological polar surface area (TPSA) is 101 Å². The second-order valence-corrected chi connectivity index (χ2v) is 9.59. The molecule has 1 fully saturated rings.